The first-order chi connectivity index (χ1) is 13.4. The third kappa shape index (κ3) is 4.85. The Morgan fingerprint density at radius 2 is 1.71 bits per heavy atom. The van der Waals surface area contributed by atoms with Crippen molar-refractivity contribution in [3.63, 3.8) is 0 Å². The summed E-state index contributed by atoms with van der Waals surface area (Å²) in [6, 6.07) is 18.6. The van der Waals surface area contributed by atoms with Crippen molar-refractivity contribution in [2.45, 2.75) is 32.7 Å². The van der Waals surface area contributed by atoms with Gasteiger partial charge in [0.2, 0.25) is 10.0 Å². The van der Waals surface area contributed by atoms with Crippen LogP contribution in [0.5, 0.6) is 0 Å². The second kappa shape index (κ2) is 8.38. The molecule has 0 amide bonds. The second-order valence-electron chi connectivity index (χ2n) is 6.68. The Hall–Kier alpha value is -2.95. The molecule has 28 heavy (non-hydrogen) atoms. The minimum atomic E-state index is -3.51. The highest BCUT2D eigenvalue weighted by Gasteiger charge is 2.16. The summed E-state index contributed by atoms with van der Waals surface area (Å²) in [5.41, 5.74) is 4.93. The van der Waals surface area contributed by atoms with E-state index >= 15 is 0 Å². The van der Waals surface area contributed by atoms with Crippen molar-refractivity contribution in [1.82, 2.24) is 14.5 Å². The molecule has 1 N–H and O–H groups in total. The first kappa shape index (κ1) is 19.8. The third-order valence-corrected chi connectivity index (χ3v) is 5.91. The lowest BCUT2D eigenvalue weighted by Crippen LogP contribution is -2.25. The molecule has 0 aliphatic carbocycles. The lowest BCUT2D eigenvalue weighted by molar-refractivity contribution is 0.580. The van der Waals surface area contributed by atoms with Gasteiger partial charge in [0.05, 0.1) is 29.6 Å². The van der Waals surface area contributed by atoms with Crippen LogP contribution >= 0.6 is 0 Å². The number of nitriles is 1. The van der Waals surface area contributed by atoms with Crippen molar-refractivity contribution in [1.29, 1.82) is 5.26 Å². The number of aromatic nitrogens is 2. The predicted octanol–water partition coefficient (Wildman–Crippen LogP) is 3.04. The fourth-order valence-electron chi connectivity index (χ4n) is 3.03. The number of nitrogens with zero attached hydrogens (tertiary/aromatic N) is 3. The van der Waals surface area contributed by atoms with Crippen LogP contribution in [0.15, 0.2) is 54.6 Å². The van der Waals surface area contributed by atoms with E-state index < -0.39 is 10.0 Å². The van der Waals surface area contributed by atoms with Crippen molar-refractivity contribution < 1.29 is 8.42 Å². The van der Waals surface area contributed by atoms with Gasteiger partial charge in [-0.15, -0.1) is 0 Å². The zero-order chi connectivity index (χ0) is 20.1. The van der Waals surface area contributed by atoms with Gasteiger partial charge in [-0.3, -0.25) is 4.68 Å². The highest BCUT2D eigenvalue weighted by atomic mass is 32.2. The minimum absolute atomic E-state index is 0.130. The minimum Gasteiger partial charge on any atom is -0.265 e. The largest absolute Gasteiger partial charge is 0.265 e. The number of hydrogen-bond donors (Lipinski definition) is 1. The summed E-state index contributed by atoms with van der Waals surface area (Å²) in [4.78, 5) is 0. The summed E-state index contributed by atoms with van der Waals surface area (Å²) in [6.45, 7) is 4.68. The number of sulfonamides is 1. The van der Waals surface area contributed by atoms with Crippen LogP contribution in [-0.4, -0.2) is 18.2 Å². The number of benzene rings is 2. The number of aryl methyl sites for hydroxylation is 1. The van der Waals surface area contributed by atoms with Crippen molar-refractivity contribution >= 4 is 10.0 Å². The number of hydrogen-bond acceptors (Lipinski definition) is 4. The molecular formula is C21H22N4O2S. The van der Waals surface area contributed by atoms with Gasteiger partial charge in [-0.05, 0) is 37.1 Å². The smallest absolute Gasteiger partial charge is 0.216 e. The van der Waals surface area contributed by atoms with Crippen molar-refractivity contribution in [3.8, 4) is 6.07 Å². The molecular weight excluding hydrogens is 372 g/mol. The topological polar surface area (TPSA) is 87.8 Å². The van der Waals surface area contributed by atoms with E-state index in [2.05, 4.69) is 9.82 Å². The van der Waals surface area contributed by atoms with E-state index in [1.165, 1.54) is 0 Å². The van der Waals surface area contributed by atoms with Crippen LogP contribution in [-0.2, 0) is 28.9 Å². The van der Waals surface area contributed by atoms with Crippen LogP contribution in [0.25, 0.3) is 0 Å². The Bertz CT molecular complexity index is 1100. The summed E-state index contributed by atoms with van der Waals surface area (Å²) in [5.74, 6) is -0.130. The molecule has 0 bridgehead atoms. The molecule has 0 saturated heterocycles. The molecule has 3 rings (SSSR count). The average Bonchev–Trinajstić information content (AvgIpc) is 2.94. The van der Waals surface area contributed by atoms with E-state index in [0.717, 1.165) is 22.5 Å². The Labute approximate surface area is 165 Å². The molecule has 0 aliphatic rings. The summed E-state index contributed by atoms with van der Waals surface area (Å²) < 4.78 is 29.5. The average molecular weight is 395 g/mol. The third-order valence-electron chi connectivity index (χ3n) is 4.62. The lowest BCUT2D eigenvalue weighted by atomic mass is 10.2. The van der Waals surface area contributed by atoms with E-state index in [1.54, 1.807) is 24.3 Å². The van der Waals surface area contributed by atoms with Gasteiger partial charge < -0.3 is 0 Å². The summed E-state index contributed by atoms with van der Waals surface area (Å²) in [7, 11) is -3.51. The first-order valence-corrected chi connectivity index (χ1v) is 10.6. The quantitative estimate of drug-likeness (QED) is 0.667. The SMILES string of the molecule is Cc1nn(Cc2ccccc2)c(C)c1CNS(=O)(=O)Cc1ccc(C#N)cc1. The van der Waals surface area contributed by atoms with E-state index in [4.69, 9.17) is 5.26 Å². The van der Waals surface area contributed by atoms with Gasteiger partial charge in [0.25, 0.3) is 0 Å². The zero-order valence-corrected chi connectivity index (χ0v) is 16.7. The van der Waals surface area contributed by atoms with Gasteiger partial charge in [0.1, 0.15) is 0 Å². The zero-order valence-electron chi connectivity index (χ0n) is 15.9. The second-order valence-corrected chi connectivity index (χ2v) is 8.49. The highest BCUT2D eigenvalue weighted by molar-refractivity contribution is 7.88. The van der Waals surface area contributed by atoms with E-state index in [9.17, 15) is 8.42 Å². The summed E-state index contributed by atoms with van der Waals surface area (Å²) >= 11 is 0. The highest BCUT2D eigenvalue weighted by Crippen LogP contribution is 2.16. The fraction of sp³-hybridized carbons (Fsp3) is 0.238. The van der Waals surface area contributed by atoms with Crippen LogP contribution < -0.4 is 4.72 Å². The van der Waals surface area contributed by atoms with Gasteiger partial charge in [-0.1, -0.05) is 42.5 Å². The molecule has 1 aromatic heterocycles. The number of rotatable bonds is 7. The lowest BCUT2D eigenvalue weighted by Gasteiger charge is -2.08. The molecule has 0 saturated carbocycles. The standard InChI is InChI=1S/C21H22N4O2S/c1-16-21(17(2)25(24-16)14-19-6-4-3-5-7-19)13-23-28(26,27)15-20-10-8-18(12-22)9-11-20/h3-11,23H,13-15H2,1-2H3. The molecule has 0 aliphatic heterocycles. The predicted molar refractivity (Wildman–Crippen MR) is 108 cm³/mol. The molecule has 2 aromatic carbocycles. The normalized spacial score (nSPS) is 11.3. The Morgan fingerprint density at radius 3 is 2.36 bits per heavy atom. The first-order valence-electron chi connectivity index (χ1n) is 8.91. The van der Waals surface area contributed by atoms with Crippen LogP contribution in [0.4, 0.5) is 0 Å². The van der Waals surface area contributed by atoms with Crippen molar-refractivity contribution in [2.75, 3.05) is 0 Å². The summed E-state index contributed by atoms with van der Waals surface area (Å²) in [5, 5.41) is 13.4. The Kier molecular flexibility index (Phi) is 5.93. The Morgan fingerprint density at radius 1 is 1.04 bits per heavy atom. The molecule has 0 radical (unpaired) electrons. The van der Waals surface area contributed by atoms with Gasteiger partial charge >= 0.3 is 0 Å². The molecule has 7 heteroatoms. The van der Waals surface area contributed by atoms with Crippen LogP contribution in [0.2, 0.25) is 0 Å². The number of nitrogens with one attached hydrogen (secondary N) is 1. The van der Waals surface area contributed by atoms with E-state index in [-0.39, 0.29) is 12.3 Å². The molecule has 0 atom stereocenters. The fourth-order valence-corrected chi connectivity index (χ4v) is 4.13. The van der Waals surface area contributed by atoms with Crippen LogP contribution in [0, 0.1) is 25.2 Å². The van der Waals surface area contributed by atoms with Crippen LogP contribution in [0.3, 0.4) is 0 Å². The van der Waals surface area contributed by atoms with E-state index in [1.807, 2.05) is 54.9 Å². The maximum Gasteiger partial charge on any atom is 0.216 e. The summed E-state index contributed by atoms with van der Waals surface area (Å²) in [6.07, 6.45) is 0. The van der Waals surface area contributed by atoms with Crippen molar-refractivity contribution in [3.05, 3.63) is 88.2 Å². The van der Waals surface area contributed by atoms with Crippen molar-refractivity contribution in [2.24, 2.45) is 0 Å². The van der Waals surface area contributed by atoms with Gasteiger partial charge in [0, 0.05) is 17.8 Å². The molecule has 144 valence electrons. The van der Waals surface area contributed by atoms with Crippen LogP contribution in [0.1, 0.15) is 33.6 Å². The Balaban J connectivity index is 1.68. The molecule has 0 unspecified atom stereocenters. The monoisotopic (exact) mass is 394 g/mol. The van der Waals surface area contributed by atoms with E-state index in [0.29, 0.717) is 17.7 Å². The maximum atomic E-state index is 12.4. The van der Waals surface area contributed by atoms with Gasteiger partial charge in [-0.25, -0.2) is 13.1 Å². The maximum absolute atomic E-state index is 12.4. The molecule has 0 spiro atoms. The molecule has 3 aromatic rings. The molecule has 1 heterocycles. The molecule has 0 fully saturated rings. The molecule has 6 nitrogen and oxygen atoms in total. The van der Waals surface area contributed by atoms with Gasteiger partial charge in [-0.2, -0.15) is 10.4 Å². The van der Waals surface area contributed by atoms with Gasteiger partial charge in [0.15, 0.2) is 0 Å².